The predicted molar refractivity (Wildman–Crippen MR) is 79.9 cm³/mol. The first-order valence-electron chi connectivity index (χ1n) is 6.84. The minimum atomic E-state index is -0.0102. The van der Waals surface area contributed by atoms with Crippen LogP contribution in [0.1, 0.15) is 13.3 Å². The summed E-state index contributed by atoms with van der Waals surface area (Å²) >= 11 is 1.71. The zero-order valence-electron chi connectivity index (χ0n) is 11.8. The van der Waals surface area contributed by atoms with Crippen LogP contribution in [0.3, 0.4) is 0 Å². The molecule has 19 heavy (non-hydrogen) atoms. The number of hydrogen-bond acceptors (Lipinski definition) is 6. The quantitative estimate of drug-likeness (QED) is 0.845. The Balaban J connectivity index is 1.98. The third kappa shape index (κ3) is 3.08. The highest BCUT2D eigenvalue weighted by molar-refractivity contribution is 7.13. The fourth-order valence-electron chi connectivity index (χ4n) is 2.76. The van der Waals surface area contributed by atoms with Crippen molar-refractivity contribution in [1.82, 2.24) is 9.88 Å². The summed E-state index contributed by atoms with van der Waals surface area (Å²) < 4.78 is 5.40. The van der Waals surface area contributed by atoms with Crippen molar-refractivity contribution in [2.45, 2.75) is 18.9 Å². The van der Waals surface area contributed by atoms with E-state index < -0.39 is 0 Å². The number of hydrogen-bond donors (Lipinski definition) is 1. The summed E-state index contributed by atoms with van der Waals surface area (Å²) in [5.74, 6) is 0. The van der Waals surface area contributed by atoms with Crippen LogP contribution in [0.25, 0.3) is 0 Å². The molecule has 0 radical (unpaired) electrons. The van der Waals surface area contributed by atoms with Gasteiger partial charge in [0.25, 0.3) is 0 Å². The average molecular weight is 284 g/mol. The number of ether oxygens (including phenoxy) is 1. The first-order chi connectivity index (χ1) is 9.25. The smallest absolute Gasteiger partial charge is 0.185 e. The van der Waals surface area contributed by atoms with E-state index in [1.165, 1.54) is 0 Å². The molecule has 1 unspecified atom stereocenters. The van der Waals surface area contributed by atoms with Gasteiger partial charge in [-0.2, -0.15) is 0 Å². The molecular weight excluding hydrogens is 260 g/mol. The molecule has 2 rings (SSSR count). The Labute approximate surface area is 119 Å². The van der Waals surface area contributed by atoms with Crippen molar-refractivity contribution >= 4 is 16.5 Å². The Morgan fingerprint density at radius 3 is 2.63 bits per heavy atom. The van der Waals surface area contributed by atoms with E-state index in [-0.39, 0.29) is 5.54 Å². The summed E-state index contributed by atoms with van der Waals surface area (Å²) in [4.78, 5) is 9.22. The van der Waals surface area contributed by atoms with Crippen LogP contribution in [0.15, 0.2) is 11.6 Å². The number of methoxy groups -OCH3 is 1. The lowest BCUT2D eigenvalue weighted by molar-refractivity contribution is 0.00856. The second-order valence-electron chi connectivity index (χ2n) is 5.00. The predicted octanol–water partition coefficient (Wildman–Crippen LogP) is 1.02. The molecular formula is C13H24N4OS. The van der Waals surface area contributed by atoms with Gasteiger partial charge in [-0.1, -0.05) is 6.92 Å². The van der Waals surface area contributed by atoms with Crippen LogP contribution in [-0.4, -0.2) is 61.9 Å². The SMILES string of the molecule is CCC(CN)(COC)N1CCN(c2nccs2)CC1. The summed E-state index contributed by atoms with van der Waals surface area (Å²) in [5, 5.41) is 3.16. The summed E-state index contributed by atoms with van der Waals surface area (Å²) in [6.45, 7) is 7.62. The van der Waals surface area contributed by atoms with Crippen LogP contribution in [0.4, 0.5) is 5.13 Å². The van der Waals surface area contributed by atoms with Crippen molar-refractivity contribution in [1.29, 1.82) is 0 Å². The Kier molecular flexibility index (Phi) is 5.15. The molecule has 0 spiro atoms. The number of anilines is 1. The number of thiazole rings is 1. The Hall–Kier alpha value is -0.690. The number of rotatable bonds is 6. The van der Waals surface area contributed by atoms with Crippen molar-refractivity contribution in [3.05, 3.63) is 11.6 Å². The van der Waals surface area contributed by atoms with E-state index >= 15 is 0 Å². The van der Waals surface area contributed by atoms with Crippen LogP contribution < -0.4 is 10.6 Å². The van der Waals surface area contributed by atoms with Gasteiger partial charge in [0.05, 0.1) is 12.1 Å². The molecule has 1 aromatic heterocycles. The van der Waals surface area contributed by atoms with Crippen LogP contribution in [-0.2, 0) is 4.74 Å². The summed E-state index contributed by atoms with van der Waals surface area (Å²) in [6, 6.07) is 0. The zero-order valence-corrected chi connectivity index (χ0v) is 12.7. The molecule has 1 saturated heterocycles. The fraction of sp³-hybridized carbons (Fsp3) is 0.769. The highest BCUT2D eigenvalue weighted by Gasteiger charge is 2.36. The molecule has 1 aliphatic rings. The van der Waals surface area contributed by atoms with E-state index in [1.807, 2.05) is 11.6 Å². The molecule has 108 valence electrons. The van der Waals surface area contributed by atoms with Crippen molar-refractivity contribution < 1.29 is 4.74 Å². The summed E-state index contributed by atoms with van der Waals surface area (Å²) in [7, 11) is 1.76. The van der Waals surface area contributed by atoms with Gasteiger partial charge in [-0.25, -0.2) is 4.98 Å². The maximum absolute atomic E-state index is 6.02. The van der Waals surface area contributed by atoms with Crippen molar-refractivity contribution in [3.8, 4) is 0 Å². The molecule has 6 heteroatoms. The lowest BCUT2D eigenvalue weighted by atomic mass is 9.94. The van der Waals surface area contributed by atoms with Crippen LogP contribution >= 0.6 is 11.3 Å². The maximum Gasteiger partial charge on any atom is 0.185 e. The lowest BCUT2D eigenvalue weighted by Gasteiger charge is -2.46. The molecule has 5 nitrogen and oxygen atoms in total. The first kappa shape index (κ1) is 14.7. The van der Waals surface area contributed by atoms with Gasteiger partial charge >= 0.3 is 0 Å². The lowest BCUT2D eigenvalue weighted by Crippen LogP contribution is -2.62. The zero-order chi connectivity index (χ0) is 13.7. The van der Waals surface area contributed by atoms with Gasteiger partial charge in [0.2, 0.25) is 0 Å². The van der Waals surface area contributed by atoms with E-state index in [9.17, 15) is 0 Å². The van der Waals surface area contributed by atoms with E-state index in [1.54, 1.807) is 18.4 Å². The Morgan fingerprint density at radius 1 is 1.42 bits per heavy atom. The van der Waals surface area contributed by atoms with Crippen LogP contribution in [0.2, 0.25) is 0 Å². The Morgan fingerprint density at radius 2 is 2.16 bits per heavy atom. The summed E-state index contributed by atoms with van der Waals surface area (Å²) in [5.41, 5.74) is 6.01. The molecule has 1 atom stereocenters. The highest BCUT2D eigenvalue weighted by Crippen LogP contribution is 2.24. The monoisotopic (exact) mass is 284 g/mol. The van der Waals surface area contributed by atoms with Crippen molar-refractivity contribution in [3.63, 3.8) is 0 Å². The molecule has 2 N–H and O–H groups in total. The second-order valence-corrected chi connectivity index (χ2v) is 5.88. The number of nitrogens with zero attached hydrogens (tertiary/aromatic N) is 3. The van der Waals surface area contributed by atoms with Gasteiger partial charge in [0, 0.05) is 51.4 Å². The molecule has 0 amide bonds. The largest absolute Gasteiger partial charge is 0.383 e. The second kappa shape index (κ2) is 6.65. The van der Waals surface area contributed by atoms with E-state index in [2.05, 4.69) is 21.7 Å². The van der Waals surface area contributed by atoms with E-state index in [4.69, 9.17) is 10.5 Å². The highest BCUT2D eigenvalue weighted by atomic mass is 32.1. The first-order valence-corrected chi connectivity index (χ1v) is 7.72. The van der Waals surface area contributed by atoms with Crippen molar-refractivity contribution in [2.75, 3.05) is 51.3 Å². The van der Waals surface area contributed by atoms with Gasteiger partial charge in [-0.15, -0.1) is 11.3 Å². The maximum atomic E-state index is 6.02. The average Bonchev–Trinajstić information content (AvgIpc) is 2.99. The standard InChI is InChI=1S/C13H24N4OS/c1-3-13(10-14,11-18-2)17-7-5-16(6-8-17)12-15-4-9-19-12/h4,9H,3,5-8,10-11,14H2,1-2H3. The van der Waals surface area contributed by atoms with E-state index in [0.717, 1.165) is 37.7 Å². The number of aromatic nitrogens is 1. The Bertz CT molecular complexity index is 359. The minimum absolute atomic E-state index is 0.0102. The molecule has 1 aliphatic heterocycles. The van der Waals surface area contributed by atoms with Gasteiger partial charge < -0.3 is 15.4 Å². The molecule has 2 heterocycles. The minimum Gasteiger partial charge on any atom is -0.383 e. The van der Waals surface area contributed by atoms with Gasteiger partial charge in [-0.05, 0) is 6.42 Å². The van der Waals surface area contributed by atoms with Gasteiger partial charge in [0.15, 0.2) is 5.13 Å². The third-order valence-corrected chi connectivity index (χ3v) is 4.92. The van der Waals surface area contributed by atoms with Crippen LogP contribution in [0.5, 0.6) is 0 Å². The van der Waals surface area contributed by atoms with Crippen LogP contribution in [0, 0.1) is 0 Å². The molecule has 0 saturated carbocycles. The van der Waals surface area contributed by atoms with Gasteiger partial charge in [0.1, 0.15) is 0 Å². The molecule has 0 bridgehead atoms. The van der Waals surface area contributed by atoms with E-state index in [0.29, 0.717) is 13.2 Å². The molecule has 1 fully saturated rings. The molecule has 1 aromatic rings. The topological polar surface area (TPSA) is 54.6 Å². The number of nitrogens with two attached hydrogens (primary N) is 1. The fourth-order valence-corrected chi connectivity index (χ4v) is 3.46. The van der Waals surface area contributed by atoms with Crippen molar-refractivity contribution in [2.24, 2.45) is 5.73 Å². The normalized spacial score (nSPS) is 20.5. The molecule has 0 aromatic carbocycles. The number of piperazine rings is 1. The molecule has 0 aliphatic carbocycles. The van der Waals surface area contributed by atoms with Gasteiger partial charge in [-0.3, -0.25) is 4.90 Å². The summed E-state index contributed by atoms with van der Waals surface area (Å²) in [6.07, 6.45) is 2.89. The third-order valence-electron chi connectivity index (χ3n) is 4.09.